The van der Waals surface area contributed by atoms with Gasteiger partial charge in [-0.3, -0.25) is 4.79 Å². The lowest BCUT2D eigenvalue weighted by atomic mass is 10.4. The van der Waals surface area contributed by atoms with Gasteiger partial charge in [0.25, 0.3) is 10.0 Å². The van der Waals surface area contributed by atoms with Crippen LogP contribution in [0.5, 0.6) is 0 Å². The first kappa shape index (κ1) is 17.1. The van der Waals surface area contributed by atoms with E-state index in [-0.39, 0.29) is 10.6 Å². The van der Waals surface area contributed by atoms with E-state index in [0.29, 0.717) is 10.0 Å². The Morgan fingerprint density at radius 3 is 2.00 bits per heavy atom. The molecule has 0 aliphatic rings. The number of benzene rings is 2. The van der Waals surface area contributed by atoms with Crippen LogP contribution in [0.1, 0.15) is 0 Å². The number of thioether (sulfide) groups is 1. The summed E-state index contributed by atoms with van der Waals surface area (Å²) >= 11 is 12.7. The van der Waals surface area contributed by atoms with Crippen LogP contribution in [0, 0.1) is 0 Å². The molecule has 0 fully saturated rings. The lowest BCUT2D eigenvalue weighted by Crippen LogP contribution is -2.31. The average molecular weight is 376 g/mol. The maximum absolute atomic E-state index is 12.0. The lowest BCUT2D eigenvalue weighted by molar-refractivity contribution is -0.116. The Hall–Kier alpha value is -1.21. The molecule has 0 aliphatic heterocycles. The van der Waals surface area contributed by atoms with Gasteiger partial charge in [0.2, 0.25) is 5.91 Å². The third-order valence-corrected chi connectivity index (χ3v) is 5.46. The van der Waals surface area contributed by atoms with Crippen LogP contribution in [0.4, 0.5) is 0 Å². The van der Waals surface area contributed by atoms with Gasteiger partial charge in [0, 0.05) is 14.9 Å². The number of halogens is 2. The fourth-order valence-corrected chi connectivity index (χ4v) is 3.56. The summed E-state index contributed by atoms with van der Waals surface area (Å²) in [5, 5.41) is 1.02. The van der Waals surface area contributed by atoms with Crippen LogP contribution < -0.4 is 4.72 Å². The van der Waals surface area contributed by atoms with E-state index < -0.39 is 15.9 Å². The Morgan fingerprint density at radius 2 is 1.45 bits per heavy atom. The van der Waals surface area contributed by atoms with Crippen LogP contribution in [0.3, 0.4) is 0 Å². The van der Waals surface area contributed by atoms with Gasteiger partial charge < -0.3 is 0 Å². The summed E-state index contributed by atoms with van der Waals surface area (Å²) in [6.07, 6.45) is 0. The summed E-state index contributed by atoms with van der Waals surface area (Å²) in [4.78, 5) is 12.6. The summed E-state index contributed by atoms with van der Waals surface area (Å²) in [5.74, 6) is -0.621. The first-order valence-corrected chi connectivity index (χ1v) is 9.29. The summed E-state index contributed by atoms with van der Waals surface area (Å²) < 4.78 is 26.0. The van der Waals surface area contributed by atoms with E-state index in [0.717, 1.165) is 4.90 Å². The molecule has 4 nitrogen and oxygen atoms in total. The third-order valence-electron chi connectivity index (χ3n) is 2.56. The van der Waals surface area contributed by atoms with Crippen molar-refractivity contribution in [3.05, 3.63) is 58.6 Å². The number of hydrogen-bond donors (Lipinski definition) is 1. The molecular weight excluding hydrogens is 365 g/mol. The number of sulfonamides is 1. The van der Waals surface area contributed by atoms with Gasteiger partial charge in [-0.15, -0.1) is 11.8 Å². The van der Waals surface area contributed by atoms with Crippen molar-refractivity contribution in [2.24, 2.45) is 0 Å². The molecule has 8 heteroatoms. The maximum atomic E-state index is 12.0. The van der Waals surface area contributed by atoms with E-state index in [1.165, 1.54) is 36.0 Å². The van der Waals surface area contributed by atoms with Gasteiger partial charge >= 0.3 is 0 Å². The van der Waals surface area contributed by atoms with Crippen molar-refractivity contribution >= 4 is 50.9 Å². The zero-order valence-electron chi connectivity index (χ0n) is 11.1. The molecule has 0 atom stereocenters. The van der Waals surface area contributed by atoms with Crippen LogP contribution in [0.15, 0.2) is 58.3 Å². The fourth-order valence-electron chi connectivity index (χ4n) is 1.53. The number of hydrogen-bond acceptors (Lipinski definition) is 4. The normalized spacial score (nSPS) is 11.2. The zero-order valence-corrected chi connectivity index (χ0v) is 14.3. The first-order chi connectivity index (χ1) is 10.4. The summed E-state index contributed by atoms with van der Waals surface area (Å²) in [6.45, 7) is 0. The number of carbonyl (C=O) groups is 1. The molecule has 0 saturated carbocycles. The number of amides is 1. The first-order valence-electron chi connectivity index (χ1n) is 6.06. The van der Waals surface area contributed by atoms with Gasteiger partial charge in [-0.05, 0) is 48.5 Å². The van der Waals surface area contributed by atoms with Crippen molar-refractivity contribution in [1.29, 1.82) is 0 Å². The quantitative estimate of drug-likeness (QED) is 0.810. The van der Waals surface area contributed by atoms with Crippen LogP contribution >= 0.6 is 35.0 Å². The minimum absolute atomic E-state index is 0.0123. The van der Waals surface area contributed by atoms with E-state index in [1.807, 2.05) is 4.72 Å². The highest BCUT2D eigenvalue weighted by Gasteiger charge is 2.17. The Kier molecular flexibility index (Phi) is 5.74. The fraction of sp³-hybridized carbons (Fsp3) is 0.0714. The van der Waals surface area contributed by atoms with Gasteiger partial charge in [0.1, 0.15) is 0 Å². The molecule has 2 aromatic carbocycles. The van der Waals surface area contributed by atoms with Gasteiger partial charge in [-0.2, -0.15) is 0 Å². The minimum Gasteiger partial charge on any atom is -0.273 e. The average Bonchev–Trinajstić information content (AvgIpc) is 2.46. The molecule has 0 spiro atoms. The van der Waals surface area contributed by atoms with Crippen molar-refractivity contribution in [3.63, 3.8) is 0 Å². The van der Waals surface area contributed by atoms with Crippen molar-refractivity contribution in [3.8, 4) is 0 Å². The maximum Gasteiger partial charge on any atom is 0.264 e. The van der Waals surface area contributed by atoms with E-state index >= 15 is 0 Å². The monoisotopic (exact) mass is 375 g/mol. The van der Waals surface area contributed by atoms with Crippen molar-refractivity contribution < 1.29 is 13.2 Å². The lowest BCUT2D eigenvalue weighted by Gasteiger charge is -2.07. The van der Waals surface area contributed by atoms with E-state index in [9.17, 15) is 13.2 Å². The van der Waals surface area contributed by atoms with Crippen LogP contribution in [-0.2, 0) is 14.8 Å². The number of nitrogens with one attached hydrogen (secondary N) is 1. The van der Waals surface area contributed by atoms with Crippen LogP contribution in [0.2, 0.25) is 10.0 Å². The SMILES string of the molecule is O=C(CSc1ccc(Cl)cc1)NS(=O)(=O)c1ccc(Cl)cc1. The zero-order chi connectivity index (χ0) is 16.2. The molecule has 0 heterocycles. The highest BCUT2D eigenvalue weighted by molar-refractivity contribution is 8.00. The Bertz CT molecular complexity index is 760. The number of carbonyl (C=O) groups excluding carboxylic acids is 1. The topological polar surface area (TPSA) is 63.2 Å². The molecule has 0 saturated heterocycles. The second-order valence-corrected chi connectivity index (χ2v) is 7.83. The van der Waals surface area contributed by atoms with E-state index in [2.05, 4.69) is 0 Å². The van der Waals surface area contributed by atoms with Crippen LogP contribution in [0.25, 0.3) is 0 Å². The molecule has 22 heavy (non-hydrogen) atoms. The molecule has 2 aromatic rings. The van der Waals surface area contributed by atoms with Gasteiger partial charge in [0.05, 0.1) is 10.6 Å². The number of rotatable bonds is 5. The molecule has 0 aromatic heterocycles. The molecule has 0 radical (unpaired) electrons. The third kappa shape index (κ3) is 4.91. The standard InChI is InChI=1S/C14H11Cl2NO3S2/c15-10-1-5-12(6-2-10)21-9-14(18)17-22(19,20)13-7-3-11(16)4-8-13/h1-8H,9H2,(H,17,18). The molecule has 1 amide bonds. The Labute approximate surface area is 142 Å². The predicted octanol–water partition coefficient (Wildman–Crippen LogP) is 3.59. The van der Waals surface area contributed by atoms with Crippen molar-refractivity contribution in [1.82, 2.24) is 4.72 Å². The van der Waals surface area contributed by atoms with Crippen molar-refractivity contribution in [2.45, 2.75) is 9.79 Å². The van der Waals surface area contributed by atoms with Crippen molar-refractivity contribution in [2.75, 3.05) is 5.75 Å². The molecule has 0 aliphatic carbocycles. The molecular formula is C14H11Cl2NO3S2. The molecule has 0 unspecified atom stereocenters. The largest absolute Gasteiger partial charge is 0.273 e. The van der Waals surface area contributed by atoms with Crippen LogP contribution in [-0.4, -0.2) is 20.1 Å². The molecule has 2 rings (SSSR count). The molecule has 0 bridgehead atoms. The van der Waals surface area contributed by atoms with E-state index in [1.54, 1.807) is 24.3 Å². The highest BCUT2D eigenvalue weighted by Crippen LogP contribution is 2.20. The minimum atomic E-state index is -3.88. The predicted molar refractivity (Wildman–Crippen MR) is 89.0 cm³/mol. The summed E-state index contributed by atoms with van der Waals surface area (Å²) in [7, 11) is -3.88. The van der Waals surface area contributed by atoms with E-state index in [4.69, 9.17) is 23.2 Å². The van der Waals surface area contributed by atoms with Gasteiger partial charge in [-0.25, -0.2) is 13.1 Å². The second kappa shape index (κ2) is 7.37. The van der Waals surface area contributed by atoms with Gasteiger partial charge in [-0.1, -0.05) is 23.2 Å². The molecule has 1 N–H and O–H groups in total. The van der Waals surface area contributed by atoms with Gasteiger partial charge in [0.15, 0.2) is 0 Å². The molecule has 116 valence electrons. The Morgan fingerprint density at radius 1 is 0.955 bits per heavy atom. The Balaban J connectivity index is 1.96. The smallest absolute Gasteiger partial charge is 0.264 e. The summed E-state index contributed by atoms with van der Waals surface area (Å²) in [5.41, 5.74) is 0. The summed E-state index contributed by atoms with van der Waals surface area (Å²) in [6, 6.07) is 12.5. The highest BCUT2D eigenvalue weighted by atomic mass is 35.5. The second-order valence-electron chi connectivity index (χ2n) is 4.23.